The van der Waals surface area contributed by atoms with Crippen LogP contribution in [-0.2, 0) is 14.3 Å². The number of rotatable bonds is 6. The van der Waals surface area contributed by atoms with Crippen LogP contribution in [-0.4, -0.2) is 69.5 Å². The predicted molar refractivity (Wildman–Crippen MR) is 101 cm³/mol. The Kier molecular flexibility index (Phi) is 6.74. The van der Waals surface area contributed by atoms with Crippen LogP contribution in [0.3, 0.4) is 0 Å². The summed E-state index contributed by atoms with van der Waals surface area (Å²) in [7, 11) is 1.69. The molecule has 1 aromatic rings. The smallest absolute Gasteiger partial charge is 0.251 e. The number of carbonyl (C=O) groups excluding carboxylic acids is 1. The molecule has 0 aromatic heterocycles. The van der Waals surface area contributed by atoms with Gasteiger partial charge in [-0.15, -0.1) is 0 Å². The van der Waals surface area contributed by atoms with Gasteiger partial charge in [0.05, 0.1) is 25.5 Å². The second-order valence-corrected chi connectivity index (χ2v) is 6.95. The molecule has 144 valence electrons. The lowest BCUT2D eigenvalue weighted by atomic mass is 10.1. The number of nitrogens with zero attached hydrogens (tertiary/aromatic N) is 2. The molecule has 0 saturated carbocycles. The zero-order valence-corrected chi connectivity index (χ0v) is 15.9. The number of amides is 1. The minimum Gasteiger partial charge on any atom is -0.495 e. The largest absolute Gasteiger partial charge is 0.495 e. The summed E-state index contributed by atoms with van der Waals surface area (Å²) in [6.07, 6.45) is 3.06. The van der Waals surface area contributed by atoms with Crippen molar-refractivity contribution in [3.8, 4) is 5.75 Å². The van der Waals surface area contributed by atoms with Crippen molar-refractivity contribution in [3.63, 3.8) is 0 Å². The fraction of sp³-hybridized carbons (Fsp3) is 0.650. The van der Waals surface area contributed by atoms with E-state index in [1.54, 1.807) is 7.11 Å². The van der Waals surface area contributed by atoms with Crippen LogP contribution >= 0.6 is 0 Å². The van der Waals surface area contributed by atoms with Crippen molar-refractivity contribution in [3.05, 3.63) is 24.3 Å². The molecule has 1 amide bonds. The molecule has 2 atom stereocenters. The highest BCUT2D eigenvalue weighted by molar-refractivity contribution is 5.81. The molecule has 2 aliphatic rings. The number of para-hydroxylation sites is 2. The SMILES string of the molecule is COc1ccccc1N1CCN(C(=O)C(C)OCC2CCCCO2)CC1. The molecule has 3 rings (SSSR count). The van der Waals surface area contributed by atoms with Crippen molar-refractivity contribution in [2.24, 2.45) is 0 Å². The van der Waals surface area contributed by atoms with Crippen LogP contribution < -0.4 is 9.64 Å². The van der Waals surface area contributed by atoms with Gasteiger partial charge in [-0.2, -0.15) is 0 Å². The summed E-state index contributed by atoms with van der Waals surface area (Å²) < 4.78 is 16.9. The van der Waals surface area contributed by atoms with Gasteiger partial charge in [-0.05, 0) is 38.3 Å². The van der Waals surface area contributed by atoms with Gasteiger partial charge in [0, 0.05) is 32.8 Å². The molecule has 0 spiro atoms. The van der Waals surface area contributed by atoms with Gasteiger partial charge in [0.2, 0.25) is 0 Å². The molecule has 2 heterocycles. The first-order chi connectivity index (χ1) is 12.7. The Morgan fingerprint density at radius 3 is 2.69 bits per heavy atom. The molecule has 2 aliphatic heterocycles. The summed E-state index contributed by atoms with van der Waals surface area (Å²) in [6.45, 7) is 6.15. The Bertz CT molecular complexity index is 581. The lowest BCUT2D eigenvalue weighted by Crippen LogP contribution is -2.51. The molecule has 0 radical (unpaired) electrons. The van der Waals surface area contributed by atoms with E-state index in [1.807, 2.05) is 30.0 Å². The van der Waals surface area contributed by atoms with Crippen LogP contribution in [0.4, 0.5) is 5.69 Å². The maximum atomic E-state index is 12.7. The topological polar surface area (TPSA) is 51.2 Å². The van der Waals surface area contributed by atoms with Crippen LogP contribution in [0.2, 0.25) is 0 Å². The van der Waals surface area contributed by atoms with Gasteiger partial charge < -0.3 is 24.0 Å². The quantitative estimate of drug-likeness (QED) is 0.777. The third-order valence-electron chi connectivity index (χ3n) is 5.17. The summed E-state index contributed by atoms with van der Waals surface area (Å²) in [5.41, 5.74) is 1.08. The molecular formula is C20H30N2O4. The number of hydrogen-bond acceptors (Lipinski definition) is 5. The van der Waals surface area contributed by atoms with E-state index in [4.69, 9.17) is 14.2 Å². The van der Waals surface area contributed by atoms with Crippen LogP contribution in [0.5, 0.6) is 5.75 Å². The molecule has 26 heavy (non-hydrogen) atoms. The molecule has 0 aliphatic carbocycles. The number of carbonyl (C=O) groups is 1. The minimum atomic E-state index is -0.418. The van der Waals surface area contributed by atoms with Gasteiger partial charge in [-0.1, -0.05) is 12.1 Å². The highest BCUT2D eigenvalue weighted by atomic mass is 16.5. The summed E-state index contributed by atoms with van der Waals surface area (Å²) in [5.74, 6) is 0.942. The standard InChI is InChI=1S/C20H30N2O4/c1-16(26-15-17-7-5-6-14-25-17)20(23)22-12-10-21(11-13-22)18-8-3-4-9-19(18)24-2/h3-4,8-9,16-17H,5-7,10-15H2,1-2H3. The molecule has 2 fully saturated rings. The predicted octanol–water partition coefficient (Wildman–Crippen LogP) is 2.32. The van der Waals surface area contributed by atoms with Crippen LogP contribution in [0.15, 0.2) is 24.3 Å². The molecule has 0 N–H and O–H groups in total. The van der Waals surface area contributed by atoms with Gasteiger partial charge in [-0.25, -0.2) is 0 Å². The fourth-order valence-electron chi connectivity index (χ4n) is 3.58. The number of ether oxygens (including phenoxy) is 3. The monoisotopic (exact) mass is 362 g/mol. The number of piperazine rings is 1. The van der Waals surface area contributed by atoms with E-state index in [9.17, 15) is 4.79 Å². The zero-order chi connectivity index (χ0) is 18.4. The first-order valence-corrected chi connectivity index (χ1v) is 9.59. The molecular weight excluding hydrogens is 332 g/mol. The second-order valence-electron chi connectivity index (χ2n) is 6.95. The number of anilines is 1. The van der Waals surface area contributed by atoms with Crippen LogP contribution in [0.1, 0.15) is 26.2 Å². The van der Waals surface area contributed by atoms with E-state index in [1.165, 1.54) is 6.42 Å². The lowest BCUT2D eigenvalue weighted by Gasteiger charge is -2.37. The maximum Gasteiger partial charge on any atom is 0.251 e. The van der Waals surface area contributed by atoms with Crippen molar-refractivity contribution < 1.29 is 19.0 Å². The van der Waals surface area contributed by atoms with Gasteiger partial charge in [0.15, 0.2) is 0 Å². The van der Waals surface area contributed by atoms with Crippen molar-refractivity contribution >= 4 is 11.6 Å². The maximum absolute atomic E-state index is 12.7. The number of benzene rings is 1. The molecule has 6 heteroatoms. The Morgan fingerprint density at radius 2 is 2.00 bits per heavy atom. The molecule has 0 bridgehead atoms. The summed E-state index contributed by atoms with van der Waals surface area (Å²) in [4.78, 5) is 16.8. The van der Waals surface area contributed by atoms with Crippen molar-refractivity contribution in [1.82, 2.24) is 4.90 Å². The molecule has 2 unspecified atom stereocenters. The number of hydrogen-bond donors (Lipinski definition) is 0. The fourth-order valence-corrected chi connectivity index (χ4v) is 3.58. The van der Waals surface area contributed by atoms with E-state index in [-0.39, 0.29) is 12.0 Å². The van der Waals surface area contributed by atoms with Gasteiger partial charge in [0.25, 0.3) is 5.91 Å². The van der Waals surface area contributed by atoms with E-state index < -0.39 is 6.10 Å². The summed E-state index contributed by atoms with van der Waals surface area (Å²) in [5, 5.41) is 0. The van der Waals surface area contributed by atoms with Crippen LogP contribution in [0.25, 0.3) is 0 Å². The second kappa shape index (κ2) is 9.24. The van der Waals surface area contributed by atoms with Crippen molar-refractivity contribution in [2.75, 3.05) is 51.4 Å². The van der Waals surface area contributed by atoms with Gasteiger partial charge in [-0.3, -0.25) is 4.79 Å². The lowest BCUT2D eigenvalue weighted by molar-refractivity contribution is -0.146. The third-order valence-corrected chi connectivity index (χ3v) is 5.17. The summed E-state index contributed by atoms with van der Waals surface area (Å²) >= 11 is 0. The molecule has 2 saturated heterocycles. The first-order valence-electron chi connectivity index (χ1n) is 9.59. The van der Waals surface area contributed by atoms with Gasteiger partial charge >= 0.3 is 0 Å². The average molecular weight is 362 g/mol. The average Bonchev–Trinajstić information content (AvgIpc) is 2.72. The van der Waals surface area contributed by atoms with E-state index in [0.29, 0.717) is 19.7 Å². The van der Waals surface area contributed by atoms with Crippen LogP contribution in [0, 0.1) is 0 Å². The van der Waals surface area contributed by atoms with E-state index in [0.717, 1.165) is 44.0 Å². The Balaban J connectivity index is 1.46. The Morgan fingerprint density at radius 1 is 1.23 bits per heavy atom. The Labute approximate surface area is 156 Å². The van der Waals surface area contributed by atoms with Crippen molar-refractivity contribution in [2.45, 2.75) is 38.4 Å². The number of methoxy groups -OCH3 is 1. The highest BCUT2D eigenvalue weighted by Gasteiger charge is 2.27. The van der Waals surface area contributed by atoms with Crippen molar-refractivity contribution in [1.29, 1.82) is 0 Å². The summed E-state index contributed by atoms with van der Waals surface area (Å²) in [6, 6.07) is 8.01. The zero-order valence-electron chi connectivity index (χ0n) is 15.9. The molecule has 6 nitrogen and oxygen atoms in total. The first kappa shape index (κ1) is 19.0. The van der Waals surface area contributed by atoms with E-state index in [2.05, 4.69) is 11.0 Å². The highest BCUT2D eigenvalue weighted by Crippen LogP contribution is 2.28. The van der Waals surface area contributed by atoms with E-state index >= 15 is 0 Å². The minimum absolute atomic E-state index is 0.0699. The Hall–Kier alpha value is -1.79. The third kappa shape index (κ3) is 4.68. The normalized spacial score (nSPS) is 22.2. The molecule has 1 aromatic carbocycles. The van der Waals surface area contributed by atoms with Gasteiger partial charge in [0.1, 0.15) is 11.9 Å².